The number of hydrogen-bond acceptors (Lipinski definition) is 3. The molecule has 0 aliphatic heterocycles. The van der Waals surface area contributed by atoms with Crippen LogP contribution in [-0.2, 0) is 0 Å². The number of nitriles is 3. The van der Waals surface area contributed by atoms with Crippen molar-refractivity contribution >= 4 is 5.57 Å². The lowest BCUT2D eigenvalue weighted by Crippen LogP contribution is -1.83. The summed E-state index contributed by atoms with van der Waals surface area (Å²) in [6.45, 7) is 0. The van der Waals surface area contributed by atoms with Gasteiger partial charge < -0.3 is 0 Å². The Balaban J connectivity index is 2.69. The highest BCUT2D eigenvalue weighted by atomic mass is 14.3. The molecule has 2 rings (SSSR count). The van der Waals surface area contributed by atoms with Crippen LogP contribution in [0.4, 0.5) is 0 Å². The minimum atomic E-state index is -0.155. The Morgan fingerprint density at radius 3 is 1.78 bits per heavy atom. The van der Waals surface area contributed by atoms with E-state index < -0.39 is 0 Å². The lowest BCUT2D eigenvalue weighted by Gasteiger charge is -1.91. The third kappa shape index (κ3) is 1.92. The molecule has 0 aromatic rings. The summed E-state index contributed by atoms with van der Waals surface area (Å²) in [4.78, 5) is 0. The van der Waals surface area contributed by atoms with Gasteiger partial charge in [-0.25, -0.2) is 0 Å². The molecule has 2 aliphatic rings. The van der Waals surface area contributed by atoms with Gasteiger partial charge in [0.15, 0.2) is 0 Å². The van der Waals surface area contributed by atoms with E-state index in [2.05, 4.69) is 0 Å². The second kappa shape index (κ2) is 4.83. The molecular formula is C15H7N3. The van der Waals surface area contributed by atoms with Crippen molar-refractivity contribution in [2.45, 2.75) is 0 Å². The summed E-state index contributed by atoms with van der Waals surface area (Å²) >= 11 is 0. The van der Waals surface area contributed by atoms with Crippen LogP contribution in [0.1, 0.15) is 5.56 Å². The molecular weight excluding hydrogens is 222 g/mol. The molecule has 82 valence electrons. The van der Waals surface area contributed by atoms with E-state index in [0.29, 0.717) is 5.56 Å². The summed E-state index contributed by atoms with van der Waals surface area (Å²) in [5.74, 6) is 0. The minimum absolute atomic E-state index is 0.124. The zero-order valence-electron chi connectivity index (χ0n) is 9.38. The molecule has 18 heavy (non-hydrogen) atoms. The lowest BCUT2D eigenvalue weighted by atomic mass is 10.1. The van der Waals surface area contributed by atoms with Crippen LogP contribution in [-0.4, -0.2) is 0 Å². The topological polar surface area (TPSA) is 71.4 Å². The molecule has 0 unspecified atom stereocenters. The van der Waals surface area contributed by atoms with Crippen LogP contribution in [0, 0.1) is 34.0 Å². The van der Waals surface area contributed by atoms with Gasteiger partial charge in [0.1, 0.15) is 23.8 Å². The van der Waals surface area contributed by atoms with Crippen LogP contribution < -0.4 is 0 Å². The summed E-state index contributed by atoms with van der Waals surface area (Å²) in [6, 6.07) is 18.6. The molecule has 0 fully saturated rings. The van der Waals surface area contributed by atoms with Crippen LogP contribution in [0.15, 0.2) is 48.0 Å². The first-order valence-electron chi connectivity index (χ1n) is 5.24. The standard InChI is InChI=1S/C15H7N3/c16-8-14(9-17)15(10-18)13-6-11-4-2-1-3-5-12(11)7-13/h1-7H. The number of rotatable bonds is 1. The van der Waals surface area contributed by atoms with Crippen molar-refractivity contribution in [1.29, 1.82) is 15.8 Å². The predicted molar refractivity (Wildman–Crippen MR) is 66.8 cm³/mol. The Labute approximate surface area is 105 Å². The third-order valence-electron chi connectivity index (χ3n) is 2.60. The number of hydrogen-bond donors (Lipinski definition) is 0. The highest BCUT2D eigenvalue weighted by molar-refractivity contribution is 5.88. The van der Waals surface area contributed by atoms with Gasteiger partial charge in [-0.2, -0.15) is 15.8 Å². The van der Waals surface area contributed by atoms with Crippen molar-refractivity contribution in [1.82, 2.24) is 0 Å². The van der Waals surface area contributed by atoms with Crippen LogP contribution in [0.5, 0.6) is 0 Å². The third-order valence-corrected chi connectivity index (χ3v) is 2.60. The van der Waals surface area contributed by atoms with E-state index in [4.69, 9.17) is 15.8 Å². The highest BCUT2D eigenvalue weighted by Crippen LogP contribution is 2.30. The first-order valence-corrected chi connectivity index (χ1v) is 5.24. The van der Waals surface area contributed by atoms with Gasteiger partial charge in [0.25, 0.3) is 0 Å². The van der Waals surface area contributed by atoms with E-state index in [1.54, 1.807) is 12.1 Å². The number of allylic oxidation sites excluding steroid dienone is 2. The Morgan fingerprint density at radius 2 is 1.33 bits per heavy atom. The van der Waals surface area contributed by atoms with Crippen LogP contribution >= 0.6 is 0 Å². The zero-order chi connectivity index (χ0) is 13.0. The predicted octanol–water partition coefficient (Wildman–Crippen LogP) is 3.12. The Kier molecular flexibility index (Phi) is 3.06. The molecule has 0 aromatic carbocycles. The summed E-state index contributed by atoms with van der Waals surface area (Å²) in [5, 5.41) is 26.7. The maximum atomic E-state index is 9.08. The van der Waals surface area contributed by atoms with Gasteiger partial charge in [0.05, 0.1) is 5.57 Å². The molecule has 3 heteroatoms. The molecule has 3 nitrogen and oxygen atoms in total. The van der Waals surface area contributed by atoms with Crippen LogP contribution in [0.25, 0.3) is 16.7 Å². The van der Waals surface area contributed by atoms with Crippen molar-refractivity contribution in [3.8, 4) is 29.3 Å². The first kappa shape index (κ1) is 11.4. The SMILES string of the molecule is N#CC(C#N)=C(C#N)c1cc2cccccc-2c1. The van der Waals surface area contributed by atoms with Gasteiger partial charge >= 0.3 is 0 Å². The monoisotopic (exact) mass is 229 g/mol. The van der Waals surface area contributed by atoms with Crippen molar-refractivity contribution < 1.29 is 0 Å². The van der Waals surface area contributed by atoms with Crippen molar-refractivity contribution in [2.24, 2.45) is 0 Å². The number of fused-ring (bicyclic) bond motifs is 1. The van der Waals surface area contributed by atoms with Gasteiger partial charge in [-0.3, -0.25) is 0 Å². The molecule has 0 saturated carbocycles. The molecule has 0 N–H and O–H groups in total. The molecule has 0 aromatic heterocycles. The fraction of sp³-hybridized carbons (Fsp3) is 0. The van der Waals surface area contributed by atoms with E-state index in [9.17, 15) is 0 Å². The van der Waals surface area contributed by atoms with Gasteiger partial charge in [-0.05, 0) is 28.8 Å². The average molecular weight is 229 g/mol. The second-order valence-corrected chi connectivity index (χ2v) is 3.65. The molecule has 0 heterocycles. The Morgan fingerprint density at radius 1 is 0.778 bits per heavy atom. The van der Waals surface area contributed by atoms with Crippen LogP contribution in [0.3, 0.4) is 0 Å². The van der Waals surface area contributed by atoms with E-state index >= 15 is 0 Å². The summed E-state index contributed by atoms with van der Waals surface area (Å²) in [5.41, 5.74) is 2.52. The average Bonchev–Trinajstić information content (AvgIpc) is 2.66. The smallest absolute Gasteiger partial charge is 0.148 e. The molecule has 0 atom stereocenters. The number of nitrogens with zero attached hydrogens (tertiary/aromatic N) is 3. The zero-order valence-corrected chi connectivity index (χ0v) is 9.38. The lowest BCUT2D eigenvalue weighted by molar-refractivity contribution is 1.45. The summed E-state index contributed by atoms with van der Waals surface area (Å²) in [7, 11) is 0. The van der Waals surface area contributed by atoms with Crippen molar-refractivity contribution in [3.63, 3.8) is 0 Å². The molecule has 0 spiro atoms. The van der Waals surface area contributed by atoms with Gasteiger partial charge in [-0.1, -0.05) is 30.3 Å². The molecule has 2 aliphatic carbocycles. The largest absolute Gasteiger partial charge is 0.192 e. The van der Waals surface area contributed by atoms with E-state index in [0.717, 1.165) is 11.1 Å². The fourth-order valence-electron chi connectivity index (χ4n) is 1.76. The molecule has 0 amide bonds. The summed E-state index contributed by atoms with van der Waals surface area (Å²) < 4.78 is 0. The van der Waals surface area contributed by atoms with Gasteiger partial charge in [0.2, 0.25) is 0 Å². The maximum absolute atomic E-state index is 9.08. The minimum Gasteiger partial charge on any atom is -0.192 e. The molecule has 0 saturated heterocycles. The van der Waals surface area contributed by atoms with Crippen LogP contribution in [0.2, 0.25) is 0 Å². The van der Waals surface area contributed by atoms with Gasteiger partial charge in [-0.15, -0.1) is 0 Å². The Hall–Kier alpha value is -3.09. The highest BCUT2D eigenvalue weighted by Gasteiger charge is 2.12. The summed E-state index contributed by atoms with van der Waals surface area (Å²) in [6.07, 6.45) is 0. The first-order chi connectivity index (χ1) is 8.80. The van der Waals surface area contributed by atoms with E-state index in [1.165, 1.54) is 0 Å². The second-order valence-electron chi connectivity index (χ2n) is 3.65. The maximum Gasteiger partial charge on any atom is 0.148 e. The van der Waals surface area contributed by atoms with Crippen molar-refractivity contribution in [2.75, 3.05) is 0 Å². The van der Waals surface area contributed by atoms with E-state index in [-0.39, 0.29) is 11.1 Å². The molecule has 0 bridgehead atoms. The quantitative estimate of drug-likeness (QED) is 0.705. The van der Waals surface area contributed by atoms with E-state index in [1.807, 2.05) is 48.5 Å². The van der Waals surface area contributed by atoms with Gasteiger partial charge in [0, 0.05) is 0 Å². The molecule has 0 radical (unpaired) electrons. The normalized spacial score (nSPS) is 8.94. The Bertz CT molecular complexity index is 674. The van der Waals surface area contributed by atoms with Crippen molar-refractivity contribution in [3.05, 3.63) is 53.6 Å². The fourth-order valence-corrected chi connectivity index (χ4v) is 1.76.